The fourth-order valence-electron chi connectivity index (χ4n) is 1.28. The second-order valence-electron chi connectivity index (χ2n) is 3.28. The van der Waals surface area contributed by atoms with Crippen LogP contribution in [0.5, 0.6) is 11.5 Å². The van der Waals surface area contributed by atoms with E-state index in [0.717, 1.165) is 6.26 Å². The van der Waals surface area contributed by atoms with E-state index < -0.39 is 10.1 Å². The van der Waals surface area contributed by atoms with Crippen molar-refractivity contribution < 1.29 is 22.1 Å². The van der Waals surface area contributed by atoms with E-state index in [-0.39, 0.29) is 13.4 Å². The molecule has 0 aliphatic carbocycles. The van der Waals surface area contributed by atoms with Gasteiger partial charge in [-0.15, -0.1) is 0 Å². The van der Waals surface area contributed by atoms with Gasteiger partial charge in [-0.2, -0.15) is 8.42 Å². The zero-order valence-corrected chi connectivity index (χ0v) is 9.97. The molecule has 2 rings (SSSR count). The summed E-state index contributed by atoms with van der Waals surface area (Å²) in [7, 11) is -3.46. The van der Waals surface area contributed by atoms with Crippen LogP contribution in [0.1, 0.15) is 5.56 Å². The zero-order chi connectivity index (χ0) is 11.8. The minimum absolute atomic E-state index is 0.0742. The fraction of sp³-hybridized carbons (Fsp3) is 0.333. The standard InChI is InChI=1S/C9H9ClO5S/c1-16(11,12)15-4-6-2-7(10)9-8(3-6)13-5-14-9/h2-3H,4-5H2,1H3. The molecule has 0 amide bonds. The summed E-state index contributed by atoms with van der Waals surface area (Å²) in [5.74, 6) is 0.976. The van der Waals surface area contributed by atoms with Gasteiger partial charge in [0.05, 0.1) is 17.9 Å². The highest BCUT2D eigenvalue weighted by Gasteiger charge is 2.18. The summed E-state index contributed by atoms with van der Waals surface area (Å²) in [5.41, 5.74) is 0.611. The molecule has 1 aliphatic rings. The summed E-state index contributed by atoms with van der Waals surface area (Å²) in [6.45, 7) is 0.0423. The first kappa shape index (κ1) is 11.5. The summed E-state index contributed by atoms with van der Waals surface area (Å²) in [6, 6.07) is 3.22. The van der Waals surface area contributed by atoms with E-state index >= 15 is 0 Å². The van der Waals surface area contributed by atoms with Crippen molar-refractivity contribution in [3.05, 3.63) is 22.7 Å². The number of hydrogen-bond acceptors (Lipinski definition) is 5. The topological polar surface area (TPSA) is 61.8 Å². The summed E-state index contributed by atoms with van der Waals surface area (Å²) in [6.07, 6.45) is 0.988. The average Bonchev–Trinajstić information content (AvgIpc) is 2.62. The Morgan fingerprint density at radius 1 is 1.44 bits per heavy atom. The van der Waals surface area contributed by atoms with Gasteiger partial charge in [-0.05, 0) is 17.7 Å². The third-order valence-corrected chi connectivity index (χ3v) is 2.75. The fourth-order valence-corrected chi connectivity index (χ4v) is 1.92. The maximum absolute atomic E-state index is 10.8. The molecule has 5 nitrogen and oxygen atoms in total. The van der Waals surface area contributed by atoms with E-state index in [1.807, 2.05) is 0 Å². The summed E-state index contributed by atoms with van der Waals surface area (Å²) in [5, 5.41) is 0.377. The van der Waals surface area contributed by atoms with Crippen molar-refractivity contribution in [1.82, 2.24) is 0 Å². The number of halogens is 1. The van der Waals surface area contributed by atoms with Gasteiger partial charge in [-0.1, -0.05) is 11.6 Å². The summed E-state index contributed by atoms with van der Waals surface area (Å²) in [4.78, 5) is 0. The molecule has 1 aromatic rings. The predicted octanol–water partition coefficient (Wildman–Crippen LogP) is 1.54. The summed E-state index contributed by atoms with van der Waals surface area (Å²) < 4.78 is 36.5. The molecule has 0 bridgehead atoms. The largest absolute Gasteiger partial charge is 0.454 e. The Morgan fingerprint density at radius 2 is 2.19 bits per heavy atom. The molecule has 16 heavy (non-hydrogen) atoms. The van der Waals surface area contributed by atoms with Crippen LogP contribution in [0.25, 0.3) is 0 Å². The Kier molecular flexibility index (Phi) is 2.96. The Hall–Kier alpha value is -0.980. The second-order valence-corrected chi connectivity index (χ2v) is 5.33. The van der Waals surface area contributed by atoms with Gasteiger partial charge >= 0.3 is 0 Å². The normalized spacial score (nSPS) is 14.1. The molecule has 7 heteroatoms. The maximum Gasteiger partial charge on any atom is 0.264 e. The molecule has 0 saturated carbocycles. The van der Waals surface area contributed by atoms with E-state index in [0.29, 0.717) is 22.1 Å². The van der Waals surface area contributed by atoms with Crippen LogP contribution >= 0.6 is 11.6 Å². The zero-order valence-electron chi connectivity index (χ0n) is 8.40. The molecule has 0 N–H and O–H groups in total. The van der Waals surface area contributed by atoms with Gasteiger partial charge in [0, 0.05) is 0 Å². The van der Waals surface area contributed by atoms with Crippen LogP contribution < -0.4 is 9.47 Å². The number of rotatable bonds is 3. The first-order valence-electron chi connectivity index (χ1n) is 4.38. The van der Waals surface area contributed by atoms with Crippen LogP contribution in [-0.4, -0.2) is 21.5 Å². The molecular formula is C9H9ClO5S. The van der Waals surface area contributed by atoms with Crippen molar-refractivity contribution in [3.63, 3.8) is 0 Å². The van der Waals surface area contributed by atoms with Crippen molar-refractivity contribution in [2.24, 2.45) is 0 Å². The quantitative estimate of drug-likeness (QED) is 0.775. The van der Waals surface area contributed by atoms with Gasteiger partial charge in [0.2, 0.25) is 6.79 Å². The average molecular weight is 265 g/mol. The van der Waals surface area contributed by atoms with Crippen LogP contribution in [0.15, 0.2) is 12.1 Å². The molecule has 0 saturated heterocycles. The molecule has 1 aromatic carbocycles. The van der Waals surface area contributed by atoms with Gasteiger partial charge in [-0.3, -0.25) is 4.18 Å². The maximum atomic E-state index is 10.8. The third-order valence-electron chi connectivity index (χ3n) is 1.93. The van der Waals surface area contributed by atoms with Crippen molar-refractivity contribution in [2.45, 2.75) is 6.61 Å². The van der Waals surface area contributed by atoms with Crippen LogP contribution in [0, 0.1) is 0 Å². The SMILES string of the molecule is CS(=O)(=O)OCc1cc(Cl)c2c(c1)OCO2. The van der Waals surface area contributed by atoms with Crippen LogP contribution in [0.3, 0.4) is 0 Å². The molecule has 0 unspecified atom stereocenters. The summed E-state index contributed by atoms with van der Waals surface area (Å²) >= 11 is 5.91. The number of hydrogen-bond donors (Lipinski definition) is 0. The van der Waals surface area contributed by atoms with Crippen molar-refractivity contribution in [1.29, 1.82) is 0 Å². The minimum Gasteiger partial charge on any atom is -0.454 e. The first-order valence-corrected chi connectivity index (χ1v) is 6.57. The lowest BCUT2D eigenvalue weighted by molar-refractivity contribution is 0.174. The van der Waals surface area contributed by atoms with E-state index in [1.165, 1.54) is 0 Å². The van der Waals surface area contributed by atoms with Crippen LogP contribution in [0.2, 0.25) is 5.02 Å². The molecule has 0 radical (unpaired) electrons. The molecule has 1 aliphatic heterocycles. The van der Waals surface area contributed by atoms with Gasteiger partial charge in [0.15, 0.2) is 11.5 Å². The van der Waals surface area contributed by atoms with E-state index in [4.69, 9.17) is 21.1 Å². The Bertz CT molecular complexity index is 511. The van der Waals surface area contributed by atoms with E-state index in [2.05, 4.69) is 4.18 Å². The lowest BCUT2D eigenvalue weighted by atomic mass is 10.2. The molecule has 0 aromatic heterocycles. The minimum atomic E-state index is -3.46. The number of fused-ring (bicyclic) bond motifs is 1. The Morgan fingerprint density at radius 3 is 2.88 bits per heavy atom. The van der Waals surface area contributed by atoms with Crippen molar-refractivity contribution in [2.75, 3.05) is 13.0 Å². The van der Waals surface area contributed by atoms with Gasteiger partial charge in [0.25, 0.3) is 10.1 Å². The van der Waals surface area contributed by atoms with Crippen LogP contribution in [-0.2, 0) is 20.9 Å². The molecule has 88 valence electrons. The monoisotopic (exact) mass is 264 g/mol. The number of benzene rings is 1. The molecule has 0 spiro atoms. The highest BCUT2D eigenvalue weighted by atomic mass is 35.5. The first-order chi connectivity index (χ1) is 7.46. The molecule has 0 fully saturated rings. The predicted molar refractivity (Wildman–Crippen MR) is 57.2 cm³/mol. The highest BCUT2D eigenvalue weighted by molar-refractivity contribution is 7.85. The molecule has 0 atom stereocenters. The molecular weight excluding hydrogens is 256 g/mol. The van der Waals surface area contributed by atoms with Crippen molar-refractivity contribution >= 4 is 21.7 Å². The second kappa shape index (κ2) is 4.12. The van der Waals surface area contributed by atoms with Crippen LogP contribution in [0.4, 0.5) is 0 Å². The number of ether oxygens (including phenoxy) is 2. The smallest absolute Gasteiger partial charge is 0.264 e. The van der Waals surface area contributed by atoms with Crippen molar-refractivity contribution in [3.8, 4) is 11.5 Å². The Balaban J connectivity index is 2.21. The molecule has 1 heterocycles. The van der Waals surface area contributed by atoms with Gasteiger partial charge < -0.3 is 9.47 Å². The van der Waals surface area contributed by atoms with E-state index in [9.17, 15) is 8.42 Å². The lowest BCUT2D eigenvalue weighted by Gasteiger charge is -2.04. The van der Waals surface area contributed by atoms with Gasteiger partial charge in [-0.25, -0.2) is 0 Å². The Labute approximate surface area is 98.0 Å². The van der Waals surface area contributed by atoms with Gasteiger partial charge in [0.1, 0.15) is 0 Å². The third kappa shape index (κ3) is 2.58. The lowest BCUT2D eigenvalue weighted by Crippen LogP contribution is -2.02. The highest BCUT2D eigenvalue weighted by Crippen LogP contribution is 2.39. The van der Waals surface area contributed by atoms with E-state index in [1.54, 1.807) is 12.1 Å².